The summed E-state index contributed by atoms with van der Waals surface area (Å²) >= 11 is 0. The van der Waals surface area contributed by atoms with Crippen LogP contribution in [0.4, 0.5) is 0 Å². The highest BCUT2D eigenvalue weighted by molar-refractivity contribution is 6.00. The maximum Gasteiger partial charge on any atom is 0.160 e. The Hall–Kier alpha value is -7.23. The fraction of sp³-hybridized carbons (Fsp3) is 0.0192. The summed E-state index contributed by atoms with van der Waals surface area (Å²) in [5.41, 5.74) is 19.8. The summed E-state index contributed by atoms with van der Waals surface area (Å²) in [4.78, 5) is 14.5. The molecule has 0 unspecified atom stereocenters. The van der Waals surface area contributed by atoms with Crippen molar-refractivity contribution in [1.29, 1.82) is 0 Å². The van der Waals surface area contributed by atoms with E-state index in [1.807, 2.05) is 30.6 Å². The SMILES string of the molecule is c1ccc(-c2ccc(-c3nc(-c4ccncc4)cc(-c4ccc(-c5cccc6c5-c5ccccc5C65c6ccccc6-c6ccccc65)cc4)n3)cc2)cc1. The van der Waals surface area contributed by atoms with Crippen molar-refractivity contribution in [1.82, 2.24) is 15.0 Å². The summed E-state index contributed by atoms with van der Waals surface area (Å²) in [6.45, 7) is 0. The predicted molar refractivity (Wildman–Crippen MR) is 223 cm³/mol. The number of rotatable bonds is 5. The number of fused-ring (bicyclic) bond motifs is 10. The molecule has 0 radical (unpaired) electrons. The van der Waals surface area contributed by atoms with Gasteiger partial charge < -0.3 is 0 Å². The number of aromatic nitrogens is 3. The van der Waals surface area contributed by atoms with Crippen molar-refractivity contribution in [2.45, 2.75) is 5.41 Å². The average Bonchev–Trinajstić information content (AvgIpc) is 3.75. The Morgan fingerprint density at radius 3 is 1.42 bits per heavy atom. The molecule has 9 aromatic rings. The number of pyridine rings is 1. The smallest absolute Gasteiger partial charge is 0.160 e. The second-order valence-electron chi connectivity index (χ2n) is 14.3. The summed E-state index contributed by atoms with van der Waals surface area (Å²) in [6, 6.07) is 67.7. The minimum atomic E-state index is -0.366. The van der Waals surface area contributed by atoms with Crippen LogP contribution in [0, 0.1) is 0 Å². The van der Waals surface area contributed by atoms with E-state index in [0.29, 0.717) is 5.82 Å². The first-order valence-electron chi connectivity index (χ1n) is 18.8. The van der Waals surface area contributed by atoms with Crippen LogP contribution in [0.5, 0.6) is 0 Å². The molecule has 11 rings (SSSR count). The van der Waals surface area contributed by atoms with Crippen LogP contribution in [0.1, 0.15) is 22.3 Å². The third-order valence-electron chi connectivity index (χ3n) is 11.5. The molecule has 0 bridgehead atoms. The van der Waals surface area contributed by atoms with Gasteiger partial charge in [0.05, 0.1) is 16.8 Å². The van der Waals surface area contributed by atoms with Gasteiger partial charge in [0.2, 0.25) is 0 Å². The van der Waals surface area contributed by atoms with Gasteiger partial charge in [-0.3, -0.25) is 4.98 Å². The summed E-state index contributed by atoms with van der Waals surface area (Å²) in [5.74, 6) is 0.688. The Morgan fingerprint density at radius 1 is 0.309 bits per heavy atom. The standard InChI is InChI=1S/C52H33N3/c1-2-11-34(12-3-1)35-21-27-39(28-22-35)51-54-48(33-49(55-51)38-29-31-53-32-30-38)37-25-23-36(24-26-37)40-16-10-20-47-50(40)43-15-6-9-19-46(43)52(47)44-17-7-4-13-41(44)42-14-5-8-18-45(42)52/h1-33H. The minimum absolute atomic E-state index is 0.366. The molecule has 0 saturated carbocycles. The fourth-order valence-corrected chi connectivity index (χ4v) is 9.04. The lowest BCUT2D eigenvalue weighted by Gasteiger charge is -2.30. The number of hydrogen-bond donors (Lipinski definition) is 0. The molecule has 55 heavy (non-hydrogen) atoms. The van der Waals surface area contributed by atoms with Crippen LogP contribution in [0.3, 0.4) is 0 Å². The lowest BCUT2D eigenvalue weighted by atomic mass is 9.70. The van der Waals surface area contributed by atoms with E-state index in [2.05, 4.69) is 175 Å². The van der Waals surface area contributed by atoms with E-state index in [4.69, 9.17) is 9.97 Å². The molecule has 2 heterocycles. The summed E-state index contributed by atoms with van der Waals surface area (Å²) in [7, 11) is 0. The van der Waals surface area contributed by atoms with Crippen LogP contribution in [-0.2, 0) is 5.41 Å². The molecule has 0 aliphatic heterocycles. The zero-order valence-electron chi connectivity index (χ0n) is 29.9. The maximum atomic E-state index is 5.16. The number of nitrogens with zero attached hydrogens (tertiary/aromatic N) is 3. The molecule has 0 atom stereocenters. The molecule has 0 fully saturated rings. The van der Waals surface area contributed by atoms with Gasteiger partial charge in [-0.1, -0.05) is 170 Å². The summed E-state index contributed by atoms with van der Waals surface area (Å²) in [6.07, 6.45) is 3.62. The van der Waals surface area contributed by atoms with Crippen molar-refractivity contribution >= 4 is 0 Å². The Kier molecular flexibility index (Phi) is 7.08. The molecule has 2 aliphatic rings. The third kappa shape index (κ3) is 4.80. The lowest BCUT2D eigenvalue weighted by molar-refractivity contribution is 0.794. The second kappa shape index (κ2) is 12.4. The number of benzene rings is 7. The quantitative estimate of drug-likeness (QED) is 0.179. The molecule has 3 nitrogen and oxygen atoms in total. The fourth-order valence-electron chi connectivity index (χ4n) is 9.04. The van der Waals surface area contributed by atoms with Crippen molar-refractivity contribution in [3.63, 3.8) is 0 Å². The number of hydrogen-bond acceptors (Lipinski definition) is 3. The van der Waals surface area contributed by atoms with E-state index in [-0.39, 0.29) is 5.41 Å². The van der Waals surface area contributed by atoms with E-state index >= 15 is 0 Å². The molecule has 0 saturated heterocycles. The molecule has 1 spiro atoms. The van der Waals surface area contributed by atoms with E-state index in [0.717, 1.165) is 33.6 Å². The predicted octanol–water partition coefficient (Wildman–Crippen LogP) is 12.6. The molecular formula is C52H33N3. The first-order chi connectivity index (χ1) is 27.3. The van der Waals surface area contributed by atoms with Crippen molar-refractivity contribution in [3.8, 4) is 78.4 Å². The lowest BCUT2D eigenvalue weighted by Crippen LogP contribution is -2.25. The van der Waals surface area contributed by atoms with Gasteiger partial charge in [-0.05, 0) is 85.0 Å². The highest BCUT2D eigenvalue weighted by Crippen LogP contribution is 2.63. The molecule has 256 valence electrons. The second-order valence-corrected chi connectivity index (χ2v) is 14.3. The molecule has 3 heteroatoms. The van der Waals surface area contributed by atoms with Crippen molar-refractivity contribution in [2.24, 2.45) is 0 Å². The van der Waals surface area contributed by atoms with Gasteiger partial charge in [-0.2, -0.15) is 0 Å². The molecular weight excluding hydrogens is 667 g/mol. The minimum Gasteiger partial charge on any atom is -0.265 e. The van der Waals surface area contributed by atoms with Crippen molar-refractivity contribution in [2.75, 3.05) is 0 Å². The van der Waals surface area contributed by atoms with Gasteiger partial charge in [0.25, 0.3) is 0 Å². The highest BCUT2D eigenvalue weighted by atomic mass is 14.9. The normalized spacial score (nSPS) is 12.9. The van der Waals surface area contributed by atoms with E-state index < -0.39 is 0 Å². The van der Waals surface area contributed by atoms with Crippen LogP contribution in [0.2, 0.25) is 0 Å². The van der Waals surface area contributed by atoms with Crippen LogP contribution < -0.4 is 0 Å². The Labute approximate surface area is 320 Å². The van der Waals surface area contributed by atoms with E-state index in [1.54, 1.807) is 0 Å². The summed E-state index contributed by atoms with van der Waals surface area (Å²) in [5, 5.41) is 0. The molecule has 0 amide bonds. The van der Waals surface area contributed by atoms with Crippen LogP contribution in [0.25, 0.3) is 78.4 Å². The van der Waals surface area contributed by atoms with Crippen molar-refractivity contribution in [3.05, 3.63) is 223 Å². The zero-order valence-corrected chi connectivity index (χ0v) is 29.9. The Bertz CT molecular complexity index is 2850. The monoisotopic (exact) mass is 699 g/mol. The summed E-state index contributed by atoms with van der Waals surface area (Å²) < 4.78 is 0. The van der Waals surface area contributed by atoms with Gasteiger partial charge >= 0.3 is 0 Å². The molecule has 2 aromatic heterocycles. The first kappa shape index (κ1) is 31.3. The van der Waals surface area contributed by atoms with Gasteiger partial charge in [0.15, 0.2) is 5.82 Å². The Balaban J connectivity index is 1.03. The molecule has 7 aromatic carbocycles. The largest absolute Gasteiger partial charge is 0.265 e. The van der Waals surface area contributed by atoms with Gasteiger partial charge in [-0.25, -0.2) is 9.97 Å². The van der Waals surface area contributed by atoms with E-state index in [1.165, 1.54) is 61.2 Å². The van der Waals surface area contributed by atoms with Crippen molar-refractivity contribution < 1.29 is 0 Å². The van der Waals surface area contributed by atoms with Crippen LogP contribution in [0.15, 0.2) is 200 Å². The van der Waals surface area contributed by atoms with Gasteiger partial charge in [-0.15, -0.1) is 0 Å². The van der Waals surface area contributed by atoms with Gasteiger partial charge in [0.1, 0.15) is 0 Å². The zero-order chi connectivity index (χ0) is 36.3. The maximum absolute atomic E-state index is 5.16. The molecule has 0 N–H and O–H groups in total. The topological polar surface area (TPSA) is 38.7 Å². The average molecular weight is 700 g/mol. The van der Waals surface area contributed by atoms with Crippen LogP contribution in [-0.4, -0.2) is 15.0 Å². The molecule has 2 aliphatic carbocycles. The van der Waals surface area contributed by atoms with Crippen LogP contribution >= 0.6 is 0 Å². The van der Waals surface area contributed by atoms with E-state index in [9.17, 15) is 0 Å². The Morgan fingerprint density at radius 2 is 0.764 bits per heavy atom. The first-order valence-corrected chi connectivity index (χ1v) is 18.8. The third-order valence-corrected chi connectivity index (χ3v) is 11.5. The van der Waals surface area contributed by atoms with Gasteiger partial charge in [0, 0.05) is 29.1 Å². The highest BCUT2D eigenvalue weighted by Gasteiger charge is 2.51.